The number of methoxy groups -OCH3 is 2. The van der Waals surface area contributed by atoms with E-state index in [0.29, 0.717) is 17.1 Å². The molecule has 1 aliphatic carbocycles. The van der Waals surface area contributed by atoms with E-state index in [0.717, 1.165) is 0 Å². The highest BCUT2D eigenvalue weighted by molar-refractivity contribution is 6.24. The lowest BCUT2D eigenvalue weighted by Gasteiger charge is -2.30. The summed E-state index contributed by atoms with van der Waals surface area (Å²) in [5, 5.41) is 0. The van der Waals surface area contributed by atoms with Crippen molar-refractivity contribution < 1.29 is 19.1 Å². The van der Waals surface area contributed by atoms with E-state index in [1.165, 1.54) is 19.8 Å². The van der Waals surface area contributed by atoms with E-state index >= 15 is 0 Å². The van der Waals surface area contributed by atoms with Crippen LogP contribution in [0.15, 0.2) is 34.3 Å². The molecule has 0 spiro atoms. The van der Waals surface area contributed by atoms with E-state index in [1.54, 1.807) is 6.92 Å². The quantitative estimate of drug-likeness (QED) is 0.543. The predicted molar refractivity (Wildman–Crippen MR) is 97.5 cm³/mol. The van der Waals surface area contributed by atoms with Crippen molar-refractivity contribution in [2.45, 2.75) is 55.4 Å². The summed E-state index contributed by atoms with van der Waals surface area (Å²) in [6, 6.07) is 0. The molecule has 24 heavy (non-hydrogen) atoms. The van der Waals surface area contributed by atoms with E-state index in [4.69, 9.17) is 9.47 Å². The second-order valence-corrected chi connectivity index (χ2v) is 6.49. The minimum Gasteiger partial charge on any atom is -0.489 e. The van der Waals surface area contributed by atoms with Crippen LogP contribution in [0.5, 0.6) is 0 Å². The van der Waals surface area contributed by atoms with Crippen LogP contribution in [0.2, 0.25) is 0 Å². The summed E-state index contributed by atoms with van der Waals surface area (Å²) in [6.45, 7) is 15.8. The van der Waals surface area contributed by atoms with Crippen LogP contribution in [0.3, 0.4) is 0 Å². The average molecular weight is 336 g/mol. The molecule has 0 unspecified atom stereocenters. The van der Waals surface area contributed by atoms with Gasteiger partial charge in [0.1, 0.15) is 0 Å². The number of hydrogen-bond donors (Lipinski definition) is 0. The summed E-state index contributed by atoms with van der Waals surface area (Å²) < 4.78 is 10.2. The van der Waals surface area contributed by atoms with Gasteiger partial charge in [-0.15, -0.1) is 0 Å². The minimum absolute atomic E-state index is 0.0169. The van der Waals surface area contributed by atoms with Crippen molar-refractivity contribution in [3.63, 3.8) is 0 Å². The molecule has 0 aromatic rings. The topological polar surface area (TPSA) is 52.6 Å². The number of carbonyl (C=O) groups is 2. The van der Waals surface area contributed by atoms with Gasteiger partial charge < -0.3 is 9.47 Å². The number of allylic oxidation sites excluding steroid dienone is 4. The van der Waals surface area contributed by atoms with Gasteiger partial charge >= 0.3 is 0 Å². The fourth-order valence-corrected chi connectivity index (χ4v) is 2.73. The zero-order valence-electron chi connectivity index (χ0n) is 16.8. The first-order chi connectivity index (χ1) is 11.1. The Kier molecular flexibility index (Phi) is 8.18. The minimum atomic E-state index is -0.561. The molecule has 0 saturated heterocycles. The predicted octanol–water partition coefficient (Wildman–Crippen LogP) is 4.61. The number of ether oxygens (including phenoxy) is 2. The first kappa shape index (κ1) is 22.2. The maximum atomic E-state index is 12.8. The number of hydrogen-bond acceptors (Lipinski definition) is 4. The molecule has 1 aliphatic rings. The lowest BCUT2D eigenvalue weighted by atomic mass is 9.74. The Bertz CT molecular complexity index is 587. The third-order valence-electron chi connectivity index (χ3n) is 4.11. The molecule has 0 aliphatic heterocycles. The Labute approximate surface area is 146 Å². The van der Waals surface area contributed by atoms with Gasteiger partial charge in [-0.25, -0.2) is 0 Å². The molecular formula is C20H32O4. The molecule has 0 bridgehead atoms. The average Bonchev–Trinajstić information content (AvgIpc) is 2.51. The largest absolute Gasteiger partial charge is 0.489 e. The Morgan fingerprint density at radius 3 is 1.79 bits per heavy atom. The first-order valence-electron chi connectivity index (χ1n) is 8.40. The van der Waals surface area contributed by atoms with Gasteiger partial charge in [0.25, 0.3) is 0 Å². The summed E-state index contributed by atoms with van der Waals surface area (Å²) in [7, 11) is 2.74. The van der Waals surface area contributed by atoms with Gasteiger partial charge in [-0.3, -0.25) is 9.59 Å². The van der Waals surface area contributed by atoms with E-state index in [-0.39, 0.29) is 23.1 Å². The number of ketones is 2. The van der Waals surface area contributed by atoms with Crippen molar-refractivity contribution >= 4 is 11.6 Å². The molecule has 1 rings (SSSR count). The van der Waals surface area contributed by atoms with Gasteiger partial charge in [0, 0.05) is 16.6 Å². The highest BCUT2D eigenvalue weighted by atomic mass is 16.5. The van der Waals surface area contributed by atoms with Crippen LogP contribution >= 0.6 is 0 Å². The molecule has 0 aromatic carbocycles. The van der Waals surface area contributed by atoms with E-state index < -0.39 is 5.41 Å². The summed E-state index contributed by atoms with van der Waals surface area (Å²) in [4.78, 5) is 25.2. The van der Waals surface area contributed by atoms with E-state index in [1.807, 2.05) is 40.7 Å². The maximum absolute atomic E-state index is 12.8. The molecule has 0 aromatic heterocycles. The fraction of sp³-hybridized carbons (Fsp3) is 0.600. The summed E-state index contributed by atoms with van der Waals surface area (Å²) >= 11 is 0. The Morgan fingerprint density at radius 1 is 1.00 bits per heavy atom. The summed E-state index contributed by atoms with van der Waals surface area (Å²) in [6.07, 6.45) is 2.05. The van der Waals surface area contributed by atoms with Crippen molar-refractivity contribution in [1.82, 2.24) is 0 Å². The smallest absolute Gasteiger partial charge is 0.228 e. The van der Waals surface area contributed by atoms with Crippen molar-refractivity contribution in [3.8, 4) is 0 Å². The van der Waals surface area contributed by atoms with Crippen LogP contribution in [0, 0.1) is 11.3 Å². The lowest BCUT2D eigenvalue weighted by molar-refractivity contribution is -0.121. The molecule has 0 amide bonds. The third kappa shape index (κ3) is 4.37. The highest BCUT2D eigenvalue weighted by Gasteiger charge is 2.40. The van der Waals surface area contributed by atoms with E-state index in [9.17, 15) is 9.59 Å². The van der Waals surface area contributed by atoms with Crippen LogP contribution in [-0.4, -0.2) is 25.8 Å². The Hall–Kier alpha value is -1.84. The van der Waals surface area contributed by atoms with Gasteiger partial charge in [-0.2, -0.15) is 0 Å². The first-order valence-corrected chi connectivity index (χ1v) is 8.40. The summed E-state index contributed by atoms with van der Waals surface area (Å²) in [5.41, 5.74) is 1.50. The van der Waals surface area contributed by atoms with Crippen molar-refractivity contribution in [3.05, 3.63) is 34.3 Å². The van der Waals surface area contributed by atoms with Crippen molar-refractivity contribution in [2.24, 2.45) is 11.3 Å². The van der Waals surface area contributed by atoms with Gasteiger partial charge in [-0.05, 0) is 19.8 Å². The second-order valence-electron chi connectivity index (χ2n) is 6.49. The van der Waals surface area contributed by atoms with Gasteiger partial charge in [-0.1, -0.05) is 53.2 Å². The van der Waals surface area contributed by atoms with E-state index in [2.05, 4.69) is 13.8 Å². The van der Waals surface area contributed by atoms with Crippen LogP contribution in [0.25, 0.3) is 0 Å². The zero-order valence-corrected chi connectivity index (χ0v) is 16.8. The second kappa shape index (κ2) is 8.86. The van der Waals surface area contributed by atoms with Gasteiger partial charge in [0.05, 0.1) is 14.2 Å². The zero-order chi connectivity index (χ0) is 19.2. The molecule has 4 nitrogen and oxygen atoms in total. The van der Waals surface area contributed by atoms with Gasteiger partial charge in [0.2, 0.25) is 23.1 Å². The highest BCUT2D eigenvalue weighted by Crippen LogP contribution is 2.39. The van der Waals surface area contributed by atoms with Crippen LogP contribution in [0.1, 0.15) is 55.4 Å². The molecule has 0 N–H and O–H groups in total. The SMILES string of the molecule is CC.COC1=C(OC)C(=O)C(C(C)(C)/C=C(\C)C(C)C)=C(C)C1=O. The summed E-state index contributed by atoms with van der Waals surface area (Å²) in [5.74, 6) is -0.237. The molecule has 0 heterocycles. The van der Waals surface area contributed by atoms with Gasteiger partial charge in [0.15, 0.2) is 0 Å². The Morgan fingerprint density at radius 2 is 1.42 bits per heavy atom. The van der Waals surface area contributed by atoms with Crippen molar-refractivity contribution in [1.29, 1.82) is 0 Å². The molecule has 0 fully saturated rings. The molecule has 0 radical (unpaired) electrons. The van der Waals surface area contributed by atoms with Crippen LogP contribution in [0.4, 0.5) is 0 Å². The fourth-order valence-electron chi connectivity index (χ4n) is 2.73. The van der Waals surface area contributed by atoms with Crippen LogP contribution < -0.4 is 0 Å². The normalized spacial score (nSPS) is 16.4. The lowest BCUT2D eigenvalue weighted by Crippen LogP contribution is -2.31. The maximum Gasteiger partial charge on any atom is 0.228 e. The molecular weight excluding hydrogens is 304 g/mol. The number of Topliss-reactive ketones (excluding diaryl/α,β-unsaturated/α-hetero) is 2. The standard InChI is InChI=1S/C18H26O4.C2H6/c1-10(2)11(3)9-18(5,6)13-12(4)14(19)16(21-7)17(22-8)15(13)20;1-2/h9-10H,1-8H3;1-2H3/b11-9+;. The molecule has 0 atom stereocenters. The molecule has 4 heteroatoms. The molecule has 136 valence electrons. The number of rotatable bonds is 5. The monoisotopic (exact) mass is 336 g/mol. The van der Waals surface area contributed by atoms with Crippen molar-refractivity contribution in [2.75, 3.05) is 14.2 Å². The van der Waals surface area contributed by atoms with Crippen LogP contribution in [-0.2, 0) is 19.1 Å². The number of carbonyl (C=O) groups excluding carboxylic acids is 2. The third-order valence-corrected chi connectivity index (χ3v) is 4.11. The molecule has 0 saturated carbocycles. The Balaban J connectivity index is 0.00000254.